The summed E-state index contributed by atoms with van der Waals surface area (Å²) in [5.74, 6) is -0.286. The molecule has 0 saturated heterocycles. The molecule has 16 heavy (non-hydrogen) atoms. The van der Waals surface area contributed by atoms with Crippen LogP contribution in [-0.2, 0) is 5.60 Å². The maximum Gasteiger partial charge on any atom is 0.123 e. The molecule has 0 saturated carbocycles. The molecule has 0 bridgehead atoms. The van der Waals surface area contributed by atoms with E-state index in [-0.39, 0.29) is 5.82 Å². The van der Waals surface area contributed by atoms with Gasteiger partial charge in [0.2, 0.25) is 0 Å². The van der Waals surface area contributed by atoms with Crippen LogP contribution in [0.3, 0.4) is 0 Å². The summed E-state index contributed by atoms with van der Waals surface area (Å²) in [5.41, 5.74) is -0.237. The highest BCUT2D eigenvalue weighted by atomic mass is 19.1. The molecule has 0 fully saturated rings. The molecule has 1 N–H and O–H groups in total. The molecule has 0 aliphatic carbocycles. The summed E-state index contributed by atoms with van der Waals surface area (Å²) >= 11 is 0. The Morgan fingerprint density at radius 1 is 1.25 bits per heavy atom. The standard InChI is InChI=1S/C14H21FO/c1-3-4-5-6-10-14(2,16)12-8-7-9-13(15)11-12/h7-9,11,16H,3-6,10H2,1-2H3. The van der Waals surface area contributed by atoms with Crippen molar-refractivity contribution in [2.75, 3.05) is 0 Å². The van der Waals surface area contributed by atoms with Crippen molar-refractivity contribution in [3.8, 4) is 0 Å². The number of rotatable bonds is 6. The first-order valence-corrected chi connectivity index (χ1v) is 6.04. The second kappa shape index (κ2) is 6.00. The van der Waals surface area contributed by atoms with Gasteiger partial charge in [-0.3, -0.25) is 0 Å². The minimum atomic E-state index is -0.907. The highest BCUT2D eigenvalue weighted by Gasteiger charge is 2.22. The second-order valence-electron chi connectivity index (χ2n) is 4.59. The zero-order chi connectivity index (χ0) is 12.0. The molecule has 1 rings (SSSR count). The van der Waals surface area contributed by atoms with Gasteiger partial charge in [0.15, 0.2) is 0 Å². The Labute approximate surface area is 97.3 Å². The summed E-state index contributed by atoms with van der Waals surface area (Å²) in [6, 6.07) is 6.24. The van der Waals surface area contributed by atoms with Crippen LogP contribution in [0.4, 0.5) is 4.39 Å². The highest BCUT2D eigenvalue weighted by molar-refractivity contribution is 5.22. The van der Waals surface area contributed by atoms with Crippen molar-refractivity contribution in [3.05, 3.63) is 35.6 Å². The Morgan fingerprint density at radius 3 is 2.62 bits per heavy atom. The first-order valence-electron chi connectivity index (χ1n) is 6.04. The van der Waals surface area contributed by atoms with Crippen molar-refractivity contribution in [3.63, 3.8) is 0 Å². The van der Waals surface area contributed by atoms with Gasteiger partial charge in [0, 0.05) is 0 Å². The molecule has 1 aromatic rings. The molecular weight excluding hydrogens is 203 g/mol. The summed E-state index contributed by atoms with van der Waals surface area (Å²) in [6.45, 7) is 3.92. The fraction of sp³-hybridized carbons (Fsp3) is 0.571. The van der Waals surface area contributed by atoms with Crippen LogP contribution in [0.25, 0.3) is 0 Å². The van der Waals surface area contributed by atoms with Gasteiger partial charge in [-0.1, -0.05) is 44.7 Å². The summed E-state index contributed by atoms with van der Waals surface area (Å²) in [6.07, 6.45) is 5.18. The predicted molar refractivity (Wildman–Crippen MR) is 64.7 cm³/mol. The van der Waals surface area contributed by atoms with E-state index in [1.165, 1.54) is 25.0 Å². The average molecular weight is 224 g/mol. The van der Waals surface area contributed by atoms with Crippen LogP contribution in [-0.4, -0.2) is 5.11 Å². The van der Waals surface area contributed by atoms with Crippen LogP contribution in [0, 0.1) is 5.82 Å². The number of hydrogen-bond donors (Lipinski definition) is 1. The minimum absolute atomic E-state index is 0.286. The van der Waals surface area contributed by atoms with Crippen molar-refractivity contribution in [1.82, 2.24) is 0 Å². The lowest BCUT2D eigenvalue weighted by Gasteiger charge is -2.23. The minimum Gasteiger partial charge on any atom is -0.385 e. The van der Waals surface area contributed by atoms with Crippen LogP contribution in [0.2, 0.25) is 0 Å². The van der Waals surface area contributed by atoms with Gasteiger partial charge in [-0.05, 0) is 31.0 Å². The SMILES string of the molecule is CCCCCCC(C)(O)c1cccc(F)c1. The molecule has 1 unspecified atom stereocenters. The number of benzene rings is 1. The number of hydrogen-bond acceptors (Lipinski definition) is 1. The Balaban J connectivity index is 2.55. The summed E-state index contributed by atoms with van der Waals surface area (Å²) in [5, 5.41) is 10.2. The van der Waals surface area contributed by atoms with Crippen molar-refractivity contribution in [2.24, 2.45) is 0 Å². The molecule has 0 aliphatic heterocycles. The lowest BCUT2D eigenvalue weighted by Crippen LogP contribution is -2.21. The van der Waals surface area contributed by atoms with E-state index in [1.54, 1.807) is 19.1 Å². The van der Waals surface area contributed by atoms with Gasteiger partial charge in [0.1, 0.15) is 5.82 Å². The largest absolute Gasteiger partial charge is 0.385 e. The molecule has 90 valence electrons. The molecule has 0 spiro atoms. The molecule has 1 nitrogen and oxygen atoms in total. The Hall–Kier alpha value is -0.890. The van der Waals surface area contributed by atoms with E-state index >= 15 is 0 Å². The van der Waals surface area contributed by atoms with Gasteiger partial charge in [-0.15, -0.1) is 0 Å². The molecule has 1 atom stereocenters. The van der Waals surface area contributed by atoms with Crippen molar-refractivity contribution in [2.45, 2.75) is 51.6 Å². The third-order valence-electron chi connectivity index (χ3n) is 2.96. The van der Waals surface area contributed by atoms with Crippen molar-refractivity contribution >= 4 is 0 Å². The zero-order valence-electron chi connectivity index (χ0n) is 10.2. The van der Waals surface area contributed by atoms with Crippen LogP contribution in [0.1, 0.15) is 51.5 Å². The average Bonchev–Trinajstić information content (AvgIpc) is 2.24. The lowest BCUT2D eigenvalue weighted by molar-refractivity contribution is 0.0445. The van der Waals surface area contributed by atoms with Crippen LogP contribution in [0.5, 0.6) is 0 Å². The molecule has 0 aliphatic rings. The smallest absolute Gasteiger partial charge is 0.123 e. The molecule has 0 heterocycles. The first-order chi connectivity index (χ1) is 7.56. The van der Waals surface area contributed by atoms with Crippen LogP contribution >= 0.6 is 0 Å². The Bertz CT molecular complexity index is 320. The second-order valence-corrected chi connectivity index (χ2v) is 4.59. The molecule has 0 aromatic heterocycles. The third-order valence-corrected chi connectivity index (χ3v) is 2.96. The van der Waals surface area contributed by atoms with Gasteiger partial charge in [0.05, 0.1) is 5.60 Å². The quantitative estimate of drug-likeness (QED) is 0.724. The summed E-state index contributed by atoms with van der Waals surface area (Å²) in [4.78, 5) is 0. The van der Waals surface area contributed by atoms with E-state index < -0.39 is 5.60 Å². The van der Waals surface area contributed by atoms with Gasteiger partial charge in [0.25, 0.3) is 0 Å². The monoisotopic (exact) mass is 224 g/mol. The Morgan fingerprint density at radius 2 is 2.00 bits per heavy atom. The maximum atomic E-state index is 13.0. The zero-order valence-corrected chi connectivity index (χ0v) is 10.2. The summed E-state index contributed by atoms with van der Waals surface area (Å²) < 4.78 is 13.0. The molecular formula is C14H21FO. The van der Waals surface area contributed by atoms with E-state index in [1.807, 2.05) is 0 Å². The lowest BCUT2D eigenvalue weighted by atomic mass is 9.90. The number of halogens is 1. The van der Waals surface area contributed by atoms with Gasteiger partial charge in [-0.25, -0.2) is 4.39 Å². The topological polar surface area (TPSA) is 20.2 Å². The van der Waals surface area contributed by atoms with E-state index in [2.05, 4.69) is 6.92 Å². The van der Waals surface area contributed by atoms with E-state index in [4.69, 9.17) is 0 Å². The van der Waals surface area contributed by atoms with Gasteiger partial charge >= 0.3 is 0 Å². The summed E-state index contributed by atoms with van der Waals surface area (Å²) in [7, 11) is 0. The van der Waals surface area contributed by atoms with Crippen LogP contribution in [0.15, 0.2) is 24.3 Å². The molecule has 0 radical (unpaired) electrons. The fourth-order valence-electron chi connectivity index (χ4n) is 1.86. The van der Waals surface area contributed by atoms with E-state index in [9.17, 15) is 9.50 Å². The molecule has 1 aromatic carbocycles. The van der Waals surface area contributed by atoms with Gasteiger partial charge in [-0.2, -0.15) is 0 Å². The normalized spacial score (nSPS) is 14.8. The third kappa shape index (κ3) is 3.93. The molecule has 0 amide bonds. The number of aliphatic hydroxyl groups is 1. The molecule has 2 heteroatoms. The van der Waals surface area contributed by atoms with Crippen LogP contribution < -0.4 is 0 Å². The first kappa shape index (κ1) is 13.2. The van der Waals surface area contributed by atoms with Crippen molar-refractivity contribution < 1.29 is 9.50 Å². The highest BCUT2D eigenvalue weighted by Crippen LogP contribution is 2.27. The van der Waals surface area contributed by atoms with E-state index in [0.717, 1.165) is 12.8 Å². The number of unbranched alkanes of at least 4 members (excludes halogenated alkanes) is 3. The Kier molecular flexibility index (Phi) is 4.94. The van der Waals surface area contributed by atoms with Crippen molar-refractivity contribution in [1.29, 1.82) is 0 Å². The predicted octanol–water partition coefficient (Wildman–Crippen LogP) is 4.00. The fourth-order valence-corrected chi connectivity index (χ4v) is 1.86. The van der Waals surface area contributed by atoms with Gasteiger partial charge < -0.3 is 5.11 Å². The van der Waals surface area contributed by atoms with E-state index in [0.29, 0.717) is 12.0 Å². The maximum absolute atomic E-state index is 13.0.